The van der Waals surface area contributed by atoms with Crippen LogP contribution in [-0.2, 0) is 0 Å². The molecule has 0 aliphatic rings. The Kier molecular flexibility index (Phi) is 4.59. The van der Waals surface area contributed by atoms with E-state index in [1.807, 2.05) is 38.1 Å². The SMILES string of the molecule is Cc1ccc(N/C=C/C(=O)c2ccc(C)c(C)c2)cc1C. The molecule has 0 amide bonds. The minimum Gasteiger partial charge on any atom is -0.362 e. The second kappa shape index (κ2) is 6.40. The number of allylic oxidation sites excluding steroid dienone is 1. The molecule has 0 bridgehead atoms. The van der Waals surface area contributed by atoms with Crippen molar-refractivity contribution in [2.45, 2.75) is 27.7 Å². The fourth-order valence-electron chi connectivity index (χ4n) is 2.04. The molecule has 2 heteroatoms. The lowest BCUT2D eigenvalue weighted by Crippen LogP contribution is -1.98. The molecule has 2 nitrogen and oxygen atoms in total. The first-order chi connectivity index (χ1) is 9.97. The number of hydrogen-bond donors (Lipinski definition) is 1. The number of hydrogen-bond acceptors (Lipinski definition) is 2. The van der Waals surface area contributed by atoms with Crippen molar-refractivity contribution < 1.29 is 4.79 Å². The molecule has 1 N–H and O–H groups in total. The van der Waals surface area contributed by atoms with E-state index in [2.05, 4.69) is 31.3 Å². The number of aryl methyl sites for hydroxylation is 4. The minimum atomic E-state index is 0.00873. The monoisotopic (exact) mass is 279 g/mol. The predicted molar refractivity (Wildman–Crippen MR) is 88.9 cm³/mol. The summed E-state index contributed by atoms with van der Waals surface area (Å²) in [5, 5.41) is 3.14. The Bertz CT molecular complexity index is 699. The van der Waals surface area contributed by atoms with Gasteiger partial charge >= 0.3 is 0 Å². The zero-order chi connectivity index (χ0) is 15.4. The summed E-state index contributed by atoms with van der Waals surface area (Å²) in [4.78, 5) is 12.1. The molecule has 0 heterocycles. The number of nitrogens with one attached hydrogen (secondary N) is 1. The molecule has 0 saturated carbocycles. The highest BCUT2D eigenvalue weighted by molar-refractivity contribution is 6.04. The van der Waals surface area contributed by atoms with Crippen LogP contribution in [0.5, 0.6) is 0 Å². The van der Waals surface area contributed by atoms with Crippen LogP contribution in [0.2, 0.25) is 0 Å². The summed E-state index contributed by atoms with van der Waals surface area (Å²) in [5.41, 5.74) is 6.53. The average molecular weight is 279 g/mol. The highest BCUT2D eigenvalue weighted by Gasteiger charge is 2.03. The zero-order valence-electron chi connectivity index (χ0n) is 13.0. The lowest BCUT2D eigenvalue weighted by molar-refractivity contribution is 0.104. The number of ketones is 1. The van der Waals surface area contributed by atoms with Gasteiger partial charge < -0.3 is 5.32 Å². The molecule has 2 aromatic carbocycles. The molecule has 0 fully saturated rings. The van der Waals surface area contributed by atoms with Crippen molar-refractivity contribution in [3.8, 4) is 0 Å². The van der Waals surface area contributed by atoms with E-state index in [1.165, 1.54) is 16.7 Å². The number of rotatable bonds is 4. The van der Waals surface area contributed by atoms with Crippen LogP contribution >= 0.6 is 0 Å². The molecular weight excluding hydrogens is 258 g/mol. The predicted octanol–water partition coefficient (Wildman–Crippen LogP) is 4.73. The molecule has 2 aromatic rings. The highest BCUT2D eigenvalue weighted by atomic mass is 16.1. The molecule has 0 spiro atoms. The molecule has 0 atom stereocenters. The molecule has 2 rings (SSSR count). The second-order valence-electron chi connectivity index (χ2n) is 5.44. The Morgan fingerprint density at radius 3 is 2.10 bits per heavy atom. The van der Waals surface area contributed by atoms with Crippen LogP contribution < -0.4 is 5.32 Å². The fourth-order valence-corrected chi connectivity index (χ4v) is 2.04. The average Bonchev–Trinajstić information content (AvgIpc) is 2.45. The minimum absolute atomic E-state index is 0.00873. The molecular formula is C19H21NO. The van der Waals surface area contributed by atoms with E-state index in [9.17, 15) is 4.79 Å². The van der Waals surface area contributed by atoms with Gasteiger partial charge in [-0.1, -0.05) is 18.2 Å². The van der Waals surface area contributed by atoms with Gasteiger partial charge in [0.05, 0.1) is 0 Å². The smallest absolute Gasteiger partial charge is 0.187 e. The summed E-state index contributed by atoms with van der Waals surface area (Å²) >= 11 is 0. The van der Waals surface area contributed by atoms with Crippen LogP contribution in [0.1, 0.15) is 32.6 Å². The van der Waals surface area contributed by atoms with E-state index in [-0.39, 0.29) is 5.78 Å². The van der Waals surface area contributed by atoms with Gasteiger partial charge in [-0.25, -0.2) is 0 Å². The Balaban J connectivity index is 2.04. The van der Waals surface area contributed by atoms with Crippen LogP contribution in [0.4, 0.5) is 5.69 Å². The Labute approximate surface area is 126 Å². The van der Waals surface area contributed by atoms with Crippen LogP contribution in [-0.4, -0.2) is 5.78 Å². The maximum atomic E-state index is 12.1. The molecule has 0 aliphatic heterocycles. The third-order valence-corrected chi connectivity index (χ3v) is 3.78. The van der Waals surface area contributed by atoms with Crippen LogP contribution in [0.3, 0.4) is 0 Å². The molecule has 0 radical (unpaired) electrons. The van der Waals surface area contributed by atoms with E-state index < -0.39 is 0 Å². The largest absolute Gasteiger partial charge is 0.362 e. The molecule has 0 unspecified atom stereocenters. The van der Waals surface area contributed by atoms with Crippen molar-refractivity contribution in [3.05, 3.63) is 76.5 Å². The topological polar surface area (TPSA) is 29.1 Å². The van der Waals surface area contributed by atoms with E-state index in [0.29, 0.717) is 0 Å². The van der Waals surface area contributed by atoms with E-state index in [0.717, 1.165) is 16.8 Å². The Morgan fingerprint density at radius 1 is 0.857 bits per heavy atom. The van der Waals surface area contributed by atoms with E-state index in [4.69, 9.17) is 0 Å². The Morgan fingerprint density at radius 2 is 1.48 bits per heavy atom. The van der Waals surface area contributed by atoms with Gasteiger partial charge in [-0.2, -0.15) is 0 Å². The van der Waals surface area contributed by atoms with Gasteiger partial charge in [0.15, 0.2) is 5.78 Å². The quantitative estimate of drug-likeness (QED) is 0.647. The fraction of sp³-hybridized carbons (Fsp3) is 0.211. The number of benzene rings is 2. The first-order valence-electron chi connectivity index (χ1n) is 7.09. The van der Waals surface area contributed by atoms with Gasteiger partial charge in [0.25, 0.3) is 0 Å². The summed E-state index contributed by atoms with van der Waals surface area (Å²) in [6, 6.07) is 11.9. The first-order valence-corrected chi connectivity index (χ1v) is 7.09. The van der Waals surface area contributed by atoms with Gasteiger partial charge in [-0.3, -0.25) is 4.79 Å². The maximum absolute atomic E-state index is 12.1. The van der Waals surface area contributed by atoms with Crippen LogP contribution in [0.25, 0.3) is 0 Å². The maximum Gasteiger partial charge on any atom is 0.187 e. The Hall–Kier alpha value is -2.35. The van der Waals surface area contributed by atoms with Gasteiger partial charge in [0.2, 0.25) is 0 Å². The van der Waals surface area contributed by atoms with E-state index >= 15 is 0 Å². The summed E-state index contributed by atoms with van der Waals surface area (Å²) in [5.74, 6) is 0.00873. The van der Waals surface area contributed by atoms with Crippen molar-refractivity contribution in [2.75, 3.05) is 5.32 Å². The number of carbonyl (C=O) groups excluding carboxylic acids is 1. The molecule has 0 aromatic heterocycles. The number of anilines is 1. The molecule has 21 heavy (non-hydrogen) atoms. The summed E-state index contributed by atoms with van der Waals surface area (Å²) in [6.45, 7) is 8.21. The lowest BCUT2D eigenvalue weighted by atomic mass is 10.0. The van der Waals surface area contributed by atoms with Crippen molar-refractivity contribution >= 4 is 11.5 Å². The number of carbonyl (C=O) groups is 1. The third kappa shape index (κ3) is 3.82. The first kappa shape index (κ1) is 15.0. The highest BCUT2D eigenvalue weighted by Crippen LogP contribution is 2.14. The van der Waals surface area contributed by atoms with Crippen molar-refractivity contribution in [2.24, 2.45) is 0 Å². The summed E-state index contributed by atoms with van der Waals surface area (Å²) in [7, 11) is 0. The third-order valence-electron chi connectivity index (χ3n) is 3.78. The zero-order valence-corrected chi connectivity index (χ0v) is 13.0. The molecule has 0 aliphatic carbocycles. The van der Waals surface area contributed by atoms with Gasteiger partial charge in [-0.05, 0) is 68.1 Å². The van der Waals surface area contributed by atoms with Gasteiger partial charge in [-0.15, -0.1) is 0 Å². The normalized spacial score (nSPS) is 10.9. The van der Waals surface area contributed by atoms with Crippen molar-refractivity contribution in [1.82, 2.24) is 0 Å². The molecule has 108 valence electrons. The summed E-state index contributed by atoms with van der Waals surface area (Å²) < 4.78 is 0. The van der Waals surface area contributed by atoms with Crippen LogP contribution in [0, 0.1) is 27.7 Å². The van der Waals surface area contributed by atoms with E-state index in [1.54, 1.807) is 12.3 Å². The molecule has 0 saturated heterocycles. The van der Waals surface area contributed by atoms with Crippen molar-refractivity contribution in [1.29, 1.82) is 0 Å². The van der Waals surface area contributed by atoms with Gasteiger partial charge in [0, 0.05) is 23.5 Å². The standard InChI is InChI=1S/C19H21NO/c1-13-5-7-17(11-15(13)3)19(21)9-10-20-18-8-6-14(2)16(4)12-18/h5-12,20H,1-4H3/b10-9+. The summed E-state index contributed by atoms with van der Waals surface area (Å²) in [6.07, 6.45) is 3.26. The van der Waals surface area contributed by atoms with Crippen molar-refractivity contribution in [3.63, 3.8) is 0 Å². The second-order valence-corrected chi connectivity index (χ2v) is 5.44. The van der Waals surface area contributed by atoms with Crippen LogP contribution in [0.15, 0.2) is 48.7 Å². The van der Waals surface area contributed by atoms with Gasteiger partial charge in [0.1, 0.15) is 0 Å². The lowest BCUT2D eigenvalue weighted by Gasteiger charge is -2.05.